The van der Waals surface area contributed by atoms with Gasteiger partial charge in [-0.3, -0.25) is 4.79 Å². The summed E-state index contributed by atoms with van der Waals surface area (Å²) >= 11 is 1.18. The van der Waals surface area contributed by atoms with Crippen molar-refractivity contribution in [1.29, 1.82) is 0 Å². The maximum Gasteiger partial charge on any atom is 0.357 e. The van der Waals surface area contributed by atoms with Gasteiger partial charge in [-0.25, -0.2) is 9.78 Å². The monoisotopic (exact) mass is 230 g/mol. The number of anilines is 1. The zero-order valence-corrected chi connectivity index (χ0v) is 8.84. The van der Waals surface area contributed by atoms with Gasteiger partial charge in [-0.15, -0.1) is 11.3 Å². The number of thiazole rings is 1. The van der Waals surface area contributed by atoms with Crippen molar-refractivity contribution in [2.24, 2.45) is 0 Å². The number of aromatic carboxylic acids is 1. The molecule has 0 spiro atoms. The SMILES string of the molecule is COC(=O)CCNc1scnc1C(=O)O. The van der Waals surface area contributed by atoms with Crippen molar-refractivity contribution in [3.63, 3.8) is 0 Å². The van der Waals surface area contributed by atoms with Gasteiger partial charge in [0.2, 0.25) is 0 Å². The number of rotatable bonds is 5. The summed E-state index contributed by atoms with van der Waals surface area (Å²) in [6.07, 6.45) is 0.188. The molecule has 0 fully saturated rings. The summed E-state index contributed by atoms with van der Waals surface area (Å²) in [4.78, 5) is 25.1. The number of nitrogens with zero attached hydrogens (tertiary/aromatic N) is 1. The summed E-state index contributed by atoms with van der Waals surface area (Å²) in [5, 5.41) is 12.0. The minimum Gasteiger partial charge on any atom is -0.476 e. The van der Waals surface area contributed by atoms with E-state index in [1.165, 1.54) is 24.0 Å². The number of ether oxygens (including phenoxy) is 1. The maximum absolute atomic E-state index is 10.8. The molecule has 0 atom stereocenters. The molecule has 0 amide bonds. The van der Waals surface area contributed by atoms with E-state index in [9.17, 15) is 9.59 Å². The number of carboxylic acid groups (broad SMARTS) is 1. The molecule has 0 bridgehead atoms. The fraction of sp³-hybridized carbons (Fsp3) is 0.375. The van der Waals surface area contributed by atoms with Gasteiger partial charge in [0.05, 0.1) is 19.0 Å². The van der Waals surface area contributed by atoms with E-state index in [0.717, 1.165) is 0 Å². The van der Waals surface area contributed by atoms with Crippen molar-refractivity contribution in [2.45, 2.75) is 6.42 Å². The largest absolute Gasteiger partial charge is 0.476 e. The van der Waals surface area contributed by atoms with Gasteiger partial charge >= 0.3 is 11.9 Å². The van der Waals surface area contributed by atoms with Gasteiger partial charge in [0.25, 0.3) is 0 Å². The summed E-state index contributed by atoms with van der Waals surface area (Å²) in [7, 11) is 1.30. The predicted molar refractivity (Wildman–Crippen MR) is 54.2 cm³/mol. The van der Waals surface area contributed by atoms with E-state index in [2.05, 4.69) is 15.0 Å². The van der Waals surface area contributed by atoms with Crippen molar-refractivity contribution in [2.75, 3.05) is 19.0 Å². The highest BCUT2D eigenvalue weighted by atomic mass is 32.1. The lowest BCUT2D eigenvalue weighted by atomic mass is 10.4. The van der Waals surface area contributed by atoms with Crippen LogP contribution in [0.3, 0.4) is 0 Å². The van der Waals surface area contributed by atoms with Crippen LogP contribution in [-0.4, -0.2) is 35.7 Å². The Balaban J connectivity index is 2.47. The Hall–Kier alpha value is -1.63. The normalized spacial score (nSPS) is 9.67. The second-order valence-electron chi connectivity index (χ2n) is 2.59. The lowest BCUT2D eigenvalue weighted by Gasteiger charge is -2.02. The summed E-state index contributed by atoms with van der Waals surface area (Å²) < 4.78 is 4.44. The molecule has 0 aliphatic carbocycles. The summed E-state index contributed by atoms with van der Waals surface area (Å²) in [6.45, 7) is 0.329. The Labute approximate surface area is 89.9 Å². The minimum absolute atomic E-state index is 0.0233. The summed E-state index contributed by atoms with van der Waals surface area (Å²) in [5.41, 5.74) is 1.41. The zero-order valence-electron chi connectivity index (χ0n) is 8.02. The van der Waals surface area contributed by atoms with Crippen LogP contribution in [0.5, 0.6) is 0 Å². The maximum atomic E-state index is 10.8. The lowest BCUT2D eigenvalue weighted by molar-refractivity contribution is -0.140. The lowest BCUT2D eigenvalue weighted by Crippen LogP contribution is -2.11. The van der Waals surface area contributed by atoms with Crippen LogP contribution in [0.1, 0.15) is 16.9 Å². The van der Waals surface area contributed by atoms with E-state index >= 15 is 0 Å². The van der Waals surface area contributed by atoms with Gasteiger partial charge in [0, 0.05) is 6.54 Å². The highest BCUT2D eigenvalue weighted by molar-refractivity contribution is 7.14. The van der Waals surface area contributed by atoms with Gasteiger partial charge in [-0.05, 0) is 0 Å². The molecule has 0 saturated carbocycles. The van der Waals surface area contributed by atoms with Crippen LogP contribution in [0.4, 0.5) is 5.00 Å². The van der Waals surface area contributed by atoms with E-state index in [-0.39, 0.29) is 18.1 Å². The van der Waals surface area contributed by atoms with E-state index in [1.54, 1.807) is 0 Å². The molecular weight excluding hydrogens is 220 g/mol. The van der Waals surface area contributed by atoms with Crippen LogP contribution >= 0.6 is 11.3 Å². The molecule has 2 N–H and O–H groups in total. The number of hydrogen-bond acceptors (Lipinski definition) is 6. The molecule has 1 aromatic heterocycles. The van der Waals surface area contributed by atoms with E-state index < -0.39 is 5.97 Å². The fourth-order valence-corrected chi connectivity index (χ4v) is 1.60. The number of nitrogens with one attached hydrogen (secondary N) is 1. The van der Waals surface area contributed by atoms with Crippen LogP contribution in [0.25, 0.3) is 0 Å². The fourth-order valence-electron chi connectivity index (χ4n) is 0.904. The Morgan fingerprint density at radius 2 is 2.40 bits per heavy atom. The zero-order chi connectivity index (χ0) is 11.3. The van der Waals surface area contributed by atoms with Crippen LogP contribution in [0, 0.1) is 0 Å². The third-order valence-corrected chi connectivity index (χ3v) is 2.40. The summed E-state index contributed by atoms with van der Waals surface area (Å²) in [5.74, 6) is -1.43. The van der Waals surface area contributed by atoms with Crippen LogP contribution in [-0.2, 0) is 9.53 Å². The molecule has 15 heavy (non-hydrogen) atoms. The second-order valence-corrected chi connectivity index (χ2v) is 3.44. The first-order valence-corrected chi connectivity index (χ1v) is 5.00. The molecule has 1 aromatic rings. The standard InChI is InChI=1S/C8H10N2O4S/c1-14-5(11)2-3-9-7-6(8(12)13)10-4-15-7/h4,9H,2-3H2,1H3,(H,12,13). The molecule has 0 radical (unpaired) electrons. The molecule has 0 aliphatic heterocycles. The van der Waals surface area contributed by atoms with Crippen molar-refractivity contribution >= 4 is 28.3 Å². The highest BCUT2D eigenvalue weighted by Crippen LogP contribution is 2.19. The van der Waals surface area contributed by atoms with Gasteiger partial charge in [-0.1, -0.05) is 0 Å². The predicted octanol–water partition coefficient (Wildman–Crippen LogP) is 0.816. The van der Waals surface area contributed by atoms with E-state index in [1.807, 2.05) is 0 Å². The molecule has 0 aliphatic rings. The Morgan fingerprint density at radius 1 is 1.67 bits per heavy atom. The number of aromatic nitrogens is 1. The third-order valence-electron chi connectivity index (χ3n) is 1.61. The number of carboxylic acids is 1. The number of carbonyl (C=O) groups excluding carboxylic acids is 1. The van der Waals surface area contributed by atoms with Crippen molar-refractivity contribution < 1.29 is 19.4 Å². The molecule has 1 rings (SSSR count). The number of carbonyl (C=O) groups is 2. The molecule has 82 valence electrons. The van der Waals surface area contributed by atoms with Gasteiger partial charge < -0.3 is 15.2 Å². The first kappa shape index (κ1) is 11.4. The molecule has 6 nitrogen and oxygen atoms in total. The first-order chi connectivity index (χ1) is 7.15. The van der Waals surface area contributed by atoms with E-state index in [4.69, 9.17) is 5.11 Å². The van der Waals surface area contributed by atoms with Crippen LogP contribution < -0.4 is 5.32 Å². The first-order valence-electron chi connectivity index (χ1n) is 4.12. The average molecular weight is 230 g/mol. The van der Waals surface area contributed by atoms with Crippen LogP contribution in [0.2, 0.25) is 0 Å². The van der Waals surface area contributed by atoms with Crippen molar-refractivity contribution in [3.05, 3.63) is 11.2 Å². The third kappa shape index (κ3) is 3.21. The molecule has 1 heterocycles. The highest BCUT2D eigenvalue weighted by Gasteiger charge is 2.13. The minimum atomic E-state index is -1.09. The Bertz CT molecular complexity index is 363. The average Bonchev–Trinajstić information content (AvgIpc) is 2.65. The van der Waals surface area contributed by atoms with Gasteiger partial charge in [0.15, 0.2) is 5.69 Å². The molecule has 7 heteroatoms. The molecule has 0 saturated heterocycles. The van der Waals surface area contributed by atoms with E-state index in [0.29, 0.717) is 11.5 Å². The Morgan fingerprint density at radius 3 is 3.00 bits per heavy atom. The quantitative estimate of drug-likeness (QED) is 0.728. The topological polar surface area (TPSA) is 88.5 Å². The molecular formula is C8H10N2O4S. The van der Waals surface area contributed by atoms with Crippen LogP contribution in [0.15, 0.2) is 5.51 Å². The number of methoxy groups -OCH3 is 1. The van der Waals surface area contributed by atoms with Crippen molar-refractivity contribution in [1.82, 2.24) is 4.98 Å². The van der Waals surface area contributed by atoms with Gasteiger partial charge in [0.1, 0.15) is 5.00 Å². The van der Waals surface area contributed by atoms with Gasteiger partial charge in [-0.2, -0.15) is 0 Å². The second kappa shape index (κ2) is 5.30. The molecule has 0 unspecified atom stereocenters. The summed E-state index contributed by atoms with van der Waals surface area (Å²) in [6, 6.07) is 0. The van der Waals surface area contributed by atoms with Crippen molar-refractivity contribution in [3.8, 4) is 0 Å². The molecule has 0 aromatic carbocycles. The number of esters is 1. The smallest absolute Gasteiger partial charge is 0.357 e. The number of hydrogen-bond donors (Lipinski definition) is 2. The Kier molecular flexibility index (Phi) is 4.04.